The lowest BCUT2D eigenvalue weighted by molar-refractivity contribution is -0.153. The summed E-state index contributed by atoms with van der Waals surface area (Å²) in [7, 11) is 1.83. The molecule has 1 aromatic carbocycles. The Bertz CT molecular complexity index is 591. The van der Waals surface area contributed by atoms with E-state index in [9.17, 15) is 9.90 Å². The van der Waals surface area contributed by atoms with Gasteiger partial charge in [0.05, 0.1) is 6.61 Å². The van der Waals surface area contributed by atoms with E-state index in [1.165, 1.54) is 0 Å². The fourth-order valence-electron chi connectivity index (χ4n) is 1.95. The second-order valence-corrected chi connectivity index (χ2v) is 4.45. The van der Waals surface area contributed by atoms with Crippen LogP contribution in [0.15, 0.2) is 24.4 Å². The zero-order valence-electron chi connectivity index (χ0n) is 10.2. The smallest absolute Gasteiger partial charge is 0.339 e. The van der Waals surface area contributed by atoms with Crippen LogP contribution in [0, 0.1) is 0 Å². The molecule has 0 bridgehead atoms. The molecule has 0 unspecified atom stereocenters. The zero-order chi connectivity index (χ0) is 13.3. The molecule has 5 heteroatoms. The Hall–Kier alpha value is -1.52. The topological polar surface area (TPSA) is 51.5 Å². The maximum absolute atomic E-state index is 11.6. The minimum absolute atomic E-state index is 0.243. The molecule has 0 saturated heterocycles. The molecule has 18 heavy (non-hydrogen) atoms. The van der Waals surface area contributed by atoms with Crippen LogP contribution in [0.3, 0.4) is 0 Å². The number of carbonyl (C=O) groups is 1. The molecule has 0 aliphatic rings. The fourth-order valence-corrected chi connectivity index (χ4v) is 2.12. The number of aromatic nitrogens is 1. The largest absolute Gasteiger partial charge is 0.464 e. The number of hydrogen-bond acceptors (Lipinski definition) is 3. The summed E-state index contributed by atoms with van der Waals surface area (Å²) >= 11 is 5.92. The second kappa shape index (κ2) is 5.00. The molecule has 0 amide bonds. The number of nitrogens with zero attached hydrogens (tertiary/aromatic N) is 1. The highest BCUT2D eigenvalue weighted by atomic mass is 35.5. The van der Waals surface area contributed by atoms with Crippen LogP contribution in [-0.2, 0) is 16.6 Å². The van der Waals surface area contributed by atoms with E-state index in [1.54, 1.807) is 31.3 Å². The van der Waals surface area contributed by atoms with Gasteiger partial charge in [-0.2, -0.15) is 0 Å². The first-order valence-corrected chi connectivity index (χ1v) is 6.01. The quantitative estimate of drug-likeness (QED) is 0.869. The van der Waals surface area contributed by atoms with Gasteiger partial charge in [0.1, 0.15) is 0 Å². The van der Waals surface area contributed by atoms with Crippen LogP contribution in [-0.4, -0.2) is 22.2 Å². The number of aryl methyl sites for hydroxylation is 1. The molecule has 1 aromatic heterocycles. The van der Waals surface area contributed by atoms with Crippen molar-refractivity contribution >= 4 is 28.5 Å². The number of ether oxygens (including phenoxy) is 1. The van der Waals surface area contributed by atoms with Gasteiger partial charge in [-0.05, 0) is 19.1 Å². The summed E-state index contributed by atoms with van der Waals surface area (Å²) in [5.41, 5.74) is 1.39. The number of benzene rings is 1. The van der Waals surface area contributed by atoms with Gasteiger partial charge < -0.3 is 14.4 Å². The van der Waals surface area contributed by atoms with Crippen molar-refractivity contribution in [2.24, 2.45) is 7.05 Å². The molecule has 1 atom stereocenters. The lowest BCUT2D eigenvalue weighted by atomic mass is 10.1. The second-order valence-electron chi connectivity index (χ2n) is 4.01. The summed E-state index contributed by atoms with van der Waals surface area (Å²) < 4.78 is 6.63. The van der Waals surface area contributed by atoms with Gasteiger partial charge in [0.15, 0.2) is 6.10 Å². The molecule has 0 fully saturated rings. The van der Waals surface area contributed by atoms with Crippen LogP contribution in [0.1, 0.15) is 18.6 Å². The number of fused-ring (bicyclic) bond motifs is 1. The predicted molar refractivity (Wildman–Crippen MR) is 69.5 cm³/mol. The van der Waals surface area contributed by atoms with E-state index in [0.29, 0.717) is 10.6 Å². The maximum atomic E-state index is 11.6. The van der Waals surface area contributed by atoms with Crippen LogP contribution < -0.4 is 0 Å². The van der Waals surface area contributed by atoms with Crippen LogP contribution in [0.2, 0.25) is 5.02 Å². The lowest BCUT2D eigenvalue weighted by Gasteiger charge is -2.08. The van der Waals surface area contributed by atoms with Crippen LogP contribution in [0.25, 0.3) is 10.9 Å². The number of carbonyl (C=O) groups excluding carboxylic acids is 1. The van der Waals surface area contributed by atoms with E-state index in [-0.39, 0.29) is 6.61 Å². The van der Waals surface area contributed by atoms with Crippen molar-refractivity contribution in [3.63, 3.8) is 0 Å². The first-order chi connectivity index (χ1) is 8.54. The monoisotopic (exact) mass is 267 g/mol. The lowest BCUT2D eigenvalue weighted by Crippen LogP contribution is -2.15. The summed E-state index contributed by atoms with van der Waals surface area (Å²) in [4.78, 5) is 11.6. The number of hydrogen-bond donors (Lipinski definition) is 1. The molecule has 4 nitrogen and oxygen atoms in total. The number of halogens is 1. The SMILES string of the molecule is CCOC(=O)[C@@H](O)c1cn(C)c2cc(Cl)ccc12. The molecule has 0 radical (unpaired) electrons. The molecule has 2 aromatic rings. The van der Waals surface area contributed by atoms with E-state index in [4.69, 9.17) is 16.3 Å². The third-order valence-corrected chi connectivity index (χ3v) is 3.02. The van der Waals surface area contributed by atoms with Crippen LogP contribution >= 0.6 is 11.6 Å². The number of aliphatic hydroxyl groups is 1. The highest BCUT2D eigenvalue weighted by Crippen LogP contribution is 2.28. The zero-order valence-corrected chi connectivity index (χ0v) is 10.9. The standard InChI is InChI=1S/C13H14ClNO3/c1-3-18-13(17)12(16)10-7-15(2)11-6-8(14)4-5-9(10)11/h4-7,12,16H,3H2,1-2H3/t12-/m0/s1. The molecule has 0 aliphatic carbocycles. The Labute approximate surface area is 110 Å². The van der Waals surface area contributed by atoms with Gasteiger partial charge in [0.25, 0.3) is 0 Å². The maximum Gasteiger partial charge on any atom is 0.339 e. The third kappa shape index (κ3) is 2.21. The van der Waals surface area contributed by atoms with E-state index in [0.717, 1.165) is 10.9 Å². The molecule has 2 rings (SSSR count). The van der Waals surface area contributed by atoms with Gasteiger partial charge >= 0.3 is 5.97 Å². The first kappa shape index (κ1) is 12.9. The van der Waals surface area contributed by atoms with E-state index < -0.39 is 12.1 Å². The Morgan fingerprint density at radius 1 is 1.56 bits per heavy atom. The molecule has 0 aliphatic heterocycles. The highest BCUT2D eigenvalue weighted by Gasteiger charge is 2.22. The van der Waals surface area contributed by atoms with E-state index >= 15 is 0 Å². The van der Waals surface area contributed by atoms with Crippen molar-refractivity contribution in [1.82, 2.24) is 4.57 Å². The Kier molecular flexibility index (Phi) is 3.59. The number of rotatable bonds is 3. The van der Waals surface area contributed by atoms with Crippen molar-refractivity contribution in [2.75, 3.05) is 6.61 Å². The van der Waals surface area contributed by atoms with Crippen molar-refractivity contribution in [3.05, 3.63) is 35.0 Å². The first-order valence-electron chi connectivity index (χ1n) is 5.63. The van der Waals surface area contributed by atoms with E-state index in [2.05, 4.69) is 0 Å². The molecule has 0 spiro atoms. The van der Waals surface area contributed by atoms with Crippen molar-refractivity contribution in [2.45, 2.75) is 13.0 Å². The van der Waals surface area contributed by atoms with Gasteiger partial charge in [-0.3, -0.25) is 0 Å². The molecule has 1 heterocycles. The molecular formula is C13H14ClNO3. The van der Waals surface area contributed by atoms with Gasteiger partial charge in [-0.15, -0.1) is 0 Å². The fraction of sp³-hybridized carbons (Fsp3) is 0.308. The highest BCUT2D eigenvalue weighted by molar-refractivity contribution is 6.31. The summed E-state index contributed by atoms with van der Waals surface area (Å²) in [6, 6.07) is 5.30. The van der Waals surface area contributed by atoms with Gasteiger partial charge in [0, 0.05) is 34.7 Å². The van der Waals surface area contributed by atoms with E-state index in [1.807, 2.05) is 11.6 Å². The molecule has 1 N–H and O–H groups in total. The minimum Gasteiger partial charge on any atom is -0.464 e. The Morgan fingerprint density at radius 2 is 2.28 bits per heavy atom. The summed E-state index contributed by atoms with van der Waals surface area (Å²) in [5.74, 6) is -0.639. The van der Waals surface area contributed by atoms with Gasteiger partial charge in [0.2, 0.25) is 0 Å². The summed E-state index contributed by atoms with van der Waals surface area (Å²) in [6.07, 6.45) is 0.442. The summed E-state index contributed by atoms with van der Waals surface area (Å²) in [5, 5.41) is 11.4. The third-order valence-electron chi connectivity index (χ3n) is 2.79. The predicted octanol–water partition coefficient (Wildman–Crippen LogP) is 2.43. The Morgan fingerprint density at radius 3 is 2.94 bits per heavy atom. The summed E-state index contributed by atoms with van der Waals surface area (Å²) in [6.45, 7) is 1.94. The number of aliphatic hydroxyl groups excluding tert-OH is 1. The Balaban J connectivity index is 2.48. The van der Waals surface area contributed by atoms with Crippen molar-refractivity contribution in [1.29, 1.82) is 0 Å². The van der Waals surface area contributed by atoms with Gasteiger partial charge in [-0.1, -0.05) is 17.7 Å². The molecular weight excluding hydrogens is 254 g/mol. The molecule has 0 saturated carbocycles. The average Bonchev–Trinajstić information content (AvgIpc) is 2.66. The minimum atomic E-state index is -1.27. The van der Waals surface area contributed by atoms with Crippen molar-refractivity contribution < 1.29 is 14.6 Å². The molecule has 96 valence electrons. The van der Waals surface area contributed by atoms with Crippen LogP contribution in [0.4, 0.5) is 0 Å². The average molecular weight is 268 g/mol. The van der Waals surface area contributed by atoms with Crippen LogP contribution in [0.5, 0.6) is 0 Å². The van der Waals surface area contributed by atoms with Crippen molar-refractivity contribution in [3.8, 4) is 0 Å². The normalized spacial score (nSPS) is 12.7. The van der Waals surface area contributed by atoms with Gasteiger partial charge in [-0.25, -0.2) is 4.79 Å². The number of esters is 1.